The van der Waals surface area contributed by atoms with E-state index in [1.165, 1.54) is 5.56 Å². The highest BCUT2D eigenvalue weighted by Gasteiger charge is 2.22. The Morgan fingerprint density at radius 3 is 2.71 bits per heavy atom. The lowest BCUT2D eigenvalue weighted by Gasteiger charge is -2.22. The van der Waals surface area contributed by atoms with Gasteiger partial charge in [0.15, 0.2) is 17.2 Å². The minimum atomic E-state index is -0.633. The van der Waals surface area contributed by atoms with Crippen molar-refractivity contribution in [3.05, 3.63) is 35.2 Å². The molecule has 0 aliphatic heterocycles. The Balaban J connectivity index is 1.73. The monoisotopic (exact) mass is 289 g/mol. The fourth-order valence-corrected chi connectivity index (χ4v) is 2.54. The number of rotatable bonds is 2. The molecule has 0 fully saturated rings. The van der Waals surface area contributed by atoms with Crippen molar-refractivity contribution in [3.8, 4) is 17.2 Å². The normalized spacial score (nSPS) is 17.2. The molecule has 7 nitrogen and oxygen atoms in total. The number of fused-ring (bicyclic) bond motifs is 1. The van der Waals surface area contributed by atoms with E-state index in [2.05, 4.69) is 15.5 Å². The first-order chi connectivity index (χ1) is 10.0. The summed E-state index contributed by atoms with van der Waals surface area (Å²) in [6.07, 6.45) is 4.09. The topological polar surface area (TPSA) is 118 Å². The minimum absolute atomic E-state index is 0.0384. The molecule has 5 N–H and O–H groups in total. The molecular weight excluding hydrogens is 274 g/mol. The van der Waals surface area contributed by atoms with E-state index in [1.54, 1.807) is 6.20 Å². The predicted molar refractivity (Wildman–Crippen MR) is 73.3 cm³/mol. The van der Waals surface area contributed by atoms with Crippen LogP contribution in [0.15, 0.2) is 18.3 Å². The Morgan fingerprint density at radius 1 is 1.29 bits per heavy atom. The number of hydrogen-bond acceptors (Lipinski definition) is 5. The molecule has 2 aromatic rings. The summed E-state index contributed by atoms with van der Waals surface area (Å²) in [5.74, 6) is -2.10. The van der Waals surface area contributed by atoms with Gasteiger partial charge in [-0.3, -0.25) is 9.89 Å². The number of aryl methyl sites for hydroxylation is 1. The summed E-state index contributed by atoms with van der Waals surface area (Å²) >= 11 is 0. The zero-order valence-corrected chi connectivity index (χ0v) is 11.1. The third-order valence-corrected chi connectivity index (χ3v) is 3.69. The molecule has 0 radical (unpaired) electrons. The zero-order chi connectivity index (χ0) is 15.0. The first-order valence-electron chi connectivity index (χ1n) is 6.61. The molecule has 0 spiro atoms. The average molecular weight is 289 g/mol. The van der Waals surface area contributed by atoms with E-state index in [9.17, 15) is 20.1 Å². The minimum Gasteiger partial charge on any atom is -0.504 e. The maximum atomic E-state index is 12.1. The van der Waals surface area contributed by atoms with Crippen LogP contribution in [0.4, 0.5) is 0 Å². The van der Waals surface area contributed by atoms with E-state index in [0.29, 0.717) is 6.42 Å². The van der Waals surface area contributed by atoms with E-state index in [0.717, 1.165) is 30.7 Å². The Kier molecular flexibility index (Phi) is 3.17. The van der Waals surface area contributed by atoms with E-state index in [4.69, 9.17) is 0 Å². The number of aromatic nitrogens is 2. The molecule has 1 unspecified atom stereocenters. The van der Waals surface area contributed by atoms with Crippen LogP contribution in [0.1, 0.15) is 28.0 Å². The molecule has 1 aliphatic carbocycles. The number of H-pyrrole nitrogens is 1. The van der Waals surface area contributed by atoms with Crippen molar-refractivity contribution in [2.75, 3.05) is 0 Å². The summed E-state index contributed by atoms with van der Waals surface area (Å²) in [6, 6.07) is 2.20. The van der Waals surface area contributed by atoms with Crippen molar-refractivity contribution in [3.63, 3.8) is 0 Å². The molecule has 0 bridgehead atoms. The van der Waals surface area contributed by atoms with Crippen molar-refractivity contribution >= 4 is 5.91 Å². The van der Waals surface area contributed by atoms with Gasteiger partial charge < -0.3 is 20.6 Å². The molecule has 1 aliphatic rings. The second kappa shape index (κ2) is 5.01. The molecule has 0 saturated heterocycles. The van der Waals surface area contributed by atoms with E-state index >= 15 is 0 Å². The summed E-state index contributed by atoms with van der Waals surface area (Å²) < 4.78 is 0. The highest BCUT2D eigenvalue weighted by Crippen LogP contribution is 2.35. The van der Waals surface area contributed by atoms with Crippen LogP contribution in [0.25, 0.3) is 0 Å². The lowest BCUT2D eigenvalue weighted by Crippen LogP contribution is -2.38. The Morgan fingerprint density at radius 2 is 2.00 bits per heavy atom. The quantitative estimate of drug-likeness (QED) is 0.524. The third-order valence-electron chi connectivity index (χ3n) is 3.69. The van der Waals surface area contributed by atoms with Gasteiger partial charge in [-0.2, -0.15) is 5.10 Å². The lowest BCUT2D eigenvalue weighted by molar-refractivity contribution is 0.0932. The highest BCUT2D eigenvalue weighted by atomic mass is 16.3. The number of carbonyl (C=O) groups is 1. The summed E-state index contributed by atoms with van der Waals surface area (Å²) in [5, 5.41) is 37.9. The van der Waals surface area contributed by atoms with Gasteiger partial charge in [-0.05, 0) is 30.5 Å². The first kappa shape index (κ1) is 13.3. The number of hydrogen-bond donors (Lipinski definition) is 5. The van der Waals surface area contributed by atoms with Gasteiger partial charge in [-0.15, -0.1) is 0 Å². The standard InChI is InChI=1S/C14H15N3O4/c18-11-3-8(4-12(19)13(11)20)14(21)16-9-2-1-7-6-15-17-10(7)5-9/h3-4,6,9,18-20H,1-2,5H2,(H,15,17)(H,16,21). The molecule has 110 valence electrons. The SMILES string of the molecule is O=C(NC1CCc2cn[nH]c2C1)c1cc(O)c(O)c(O)c1. The van der Waals surface area contributed by atoms with Crippen LogP contribution in [0.3, 0.4) is 0 Å². The highest BCUT2D eigenvalue weighted by molar-refractivity contribution is 5.95. The molecule has 0 saturated carbocycles. The Bertz CT molecular complexity index is 672. The van der Waals surface area contributed by atoms with Gasteiger partial charge in [0.2, 0.25) is 0 Å². The van der Waals surface area contributed by atoms with E-state index < -0.39 is 23.2 Å². The van der Waals surface area contributed by atoms with Crippen molar-refractivity contribution in [1.29, 1.82) is 0 Å². The Labute approximate surface area is 120 Å². The number of amides is 1. The van der Waals surface area contributed by atoms with Crippen LogP contribution in [-0.4, -0.2) is 37.5 Å². The van der Waals surface area contributed by atoms with Gasteiger partial charge in [0, 0.05) is 23.7 Å². The predicted octanol–water partition coefficient (Wildman–Crippen LogP) is 0.814. The largest absolute Gasteiger partial charge is 0.504 e. The molecule has 21 heavy (non-hydrogen) atoms. The van der Waals surface area contributed by atoms with Crippen molar-refractivity contribution in [2.45, 2.75) is 25.3 Å². The van der Waals surface area contributed by atoms with Gasteiger partial charge in [0.1, 0.15) is 0 Å². The molecule has 1 aromatic carbocycles. The number of nitrogens with one attached hydrogen (secondary N) is 2. The van der Waals surface area contributed by atoms with Gasteiger partial charge in [-0.25, -0.2) is 0 Å². The van der Waals surface area contributed by atoms with E-state index in [-0.39, 0.29) is 11.6 Å². The van der Waals surface area contributed by atoms with Crippen LogP contribution in [-0.2, 0) is 12.8 Å². The van der Waals surface area contributed by atoms with Crippen LogP contribution in [0.5, 0.6) is 17.2 Å². The first-order valence-corrected chi connectivity index (χ1v) is 6.61. The number of aromatic amines is 1. The van der Waals surface area contributed by atoms with E-state index in [1.807, 2.05) is 0 Å². The summed E-state index contributed by atoms with van der Waals surface area (Å²) in [7, 11) is 0. The van der Waals surface area contributed by atoms with Crippen molar-refractivity contribution < 1.29 is 20.1 Å². The molecule has 7 heteroatoms. The summed E-state index contributed by atoms with van der Waals surface area (Å²) in [5.41, 5.74) is 2.28. The molecule has 3 rings (SSSR count). The third kappa shape index (κ3) is 2.49. The molecule has 1 atom stereocenters. The molecule has 1 heterocycles. The van der Waals surface area contributed by atoms with Crippen molar-refractivity contribution in [2.24, 2.45) is 0 Å². The lowest BCUT2D eigenvalue weighted by atomic mass is 9.93. The maximum absolute atomic E-state index is 12.1. The maximum Gasteiger partial charge on any atom is 0.251 e. The van der Waals surface area contributed by atoms with Gasteiger partial charge in [-0.1, -0.05) is 0 Å². The smallest absolute Gasteiger partial charge is 0.251 e. The Hall–Kier alpha value is -2.70. The fourth-order valence-electron chi connectivity index (χ4n) is 2.54. The number of aromatic hydroxyl groups is 3. The van der Waals surface area contributed by atoms with Crippen molar-refractivity contribution in [1.82, 2.24) is 15.5 Å². The van der Waals surface area contributed by atoms with Gasteiger partial charge >= 0.3 is 0 Å². The van der Waals surface area contributed by atoms with Crippen LogP contribution in [0, 0.1) is 0 Å². The van der Waals surface area contributed by atoms with Gasteiger partial charge in [0.25, 0.3) is 5.91 Å². The second-order valence-corrected chi connectivity index (χ2v) is 5.15. The summed E-state index contributed by atoms with van der Waals surface area (Å²) in [6.45, 7) is 0. The molecule has 1 aromatic heterocycles. The number of phenolic OH excluding ortho intramolecular Hbond substituents is 3. The fraction of sp³-hybridized carbons (Fsp3) is 0.286. The molecular formula is C14H15N3O4. The molecule has 1 amide bonds. The number of phenols is 3. The average Bonchev–Trinajstić information content (AvgIpc) is 2.91. The van der Waals surface area contributed by atoms with Crippen LogP contribution >= 0.6 is 0 Å². The number of benzene rings is 1. The number of nitrogens with zero attached hydrogens (tertiary/aromatic N) is 1. The van der Waals surface area contributed by atoms with Crippen LogP contribution < -0.4 is 5.32 Å². The summed E-state index contributed by atoms with van der Waals surface area (Å²) in [4.78, 5) is 12.1. The van der Waals surface area contributed by atoms with Crippen LogP contribution in [0.2, 0.25) is 0 Å². The second-order valence-electron chi connectivity index (χ2n) is 5.15. The van der Waals surface area contributed by atoms with Gasteiger partial charge in [0.05, 0.1) is 6.20 Å². The number of carbonyl (C=O) groups excluding carboxylic acids is 1. The zero-order valence-electron chi connectivity index (χ0n) is 11.1.